The van der Waals surface area contributed by atoms with Crippen molar-refractivity contribution in [3.05, 3.63) is 29.6 Å². The summed E-state index contributed by atoms with van der Waals surface area (Å²) >= 11 is 0. The van der Waals surface area contributed by atoms with E-state index in [9.17, 15) is 5.11 Å². The van der Waals surface area contributed by atoms with Gasteiger partial charge in [-0.05, 0) is 44.9 Å². The molecular weight excluding hydrogens is 188 g/mol. The lowest BCUT2D eigenvalue weighted by Gasteiger charge is -2.29. The Hall–Kier alpha value is -0.930. The van der Waals surface area contributed by atoms with Crippen LogP contribution in [-0.2, 0) is 0 Å². The van der Waals surface area contributed by atoms with Crippen LogP contribution in [0.3, 0.4) is 0 Å². The van der Waals surface area contributed by atoms with Gasteiger partial charge in [-0.1, -0.05) is 0 Å². The van der Waals surface area contributed by atoms with Gasteiger partial charge in [0.1, 0.15) is 0 Å². The molecule has 1 unspecified atom stereocenters. The molecule has 0 amide bonds. The molecule has 84 valence electrons. The minimum atomic E-state index is -0.262. The highest BCUT2D eigenvalue weighted by Gasteiger charge is 2.20. The number of aromatic nitrogens is 1. The van der Waals surface area contributed by atoms with E-state index in [0.29, 0.717) is 0 Å². The SMILES string of the molecule is Cc1ccncc1C(C)NC(C)(C)CO. The van der Waals surface area contributed by atoms with Crippen LogP contribution in [0.2, 0.25) is 0 Å². The molecule has 1 aromatic heterocycles. The molecule has 15 heavy (non-hydrogen) atoms. The van der Waals surface area contributed by atoms with E-state index in [1.54, 1.807) is 6.20 Å². The molecule has 1 heterocycles. The highest BCUT2D eigenvalue weighted by atomic mass is 16.3. The third-order valence-corrected chi connectivity index (χ3v) is 2.55. The second kappa shape index (κ2) is 4.73. The Morgan fingerprint density at radius 1 is 1.53 bits per heavy atom. The van der Waals surface area contributed by atoms with E-state index >= 15 is 0 Å². The van der Waals surface area contributed by atoms with Crippen LogP contribution in [0.4, 0.5) is 0 Å². The first kappa shape index (κ1) is 12.1. The van der Waals surface area contributed by atoms with Crippen molar-refractivity contribution in [3.8, 4) is 0 Å². The van der Waals surface area contributed by atoms with Gasteiger partial charge in [0, 0.05) is 24.0 Å². The summed E-state index contributed by atoms with van der Waals surface area (Å²) in [5.41, 5.74) is 2.14. The molecule has 0 aliphatic heterocycles. The Kier molecular flexibility index (Phi) is 3.83. The number of rotatable bonds is 4. The van der Waals surface area contributed by atoms with Crippen LogP contribution in [0.1, 0.15) is 37.9 Å². The van der Waals surface area contributed by atoms with Crippen LogP contribution >= 0.6 is 0 Å². The van der Waals surface area contributed by atoms with Gasteiger partial charge in [0.05, 0.1) is 6.61 Å². The number of hydrogen-bond donors (Lipinski definition) is 2. The smallest absolute Gasteiger partial charge is 0.0608 e. The summed E-state index contributed by atoms with van der Waals surface area (Å²) in [6.07, 6.45) is 3.67. The van der Waals surface area contributed by atoms with Crippen LogP contribution < -0.4 is 5.32 Å². The third-order valence-electron chi connectivity index (χ3n) is 2.55. The lowest BCUT2D eigenvalue weighted by molar-refractivity contribution is 0.177. The maximum atomic E-state index is 9.18. The first-order valence-electron chi connectivity index (χ1n) is 5.25. The van der Waals surface area contributed by atoms with Crippen LogP contribution in [0.5, 0.6) is 0 Å². The summed E-state index contributed by atoms with van der Waals surface area (Å²) in [5, 5.41) is 12.6. The summed E-state index contributed by atoms with van der Waals surface area (Å²) < 4.78 is 0. The molecule has 2 N–H and O–H groups in total. The van der Waals surface area contributed by atoms with Crippen molar-refractivity contribution in [1.29, 1.82) is 0 Å². The lowest BCUT2D eigenvalue weighted by atomic mass is 10.0. The van der Waals surface area contributed by atoms with Crippen molar-refractivity contribution in [3.63, 3.8) is 0 Å². The zero-order valence-electron chi connectivity index (χ0n) is 9.91. The Morgan fingerprint density at radius 2 is 2.20 bits per heavy atom. The molecule has 0 aliphatic carbocycles. The van der Waals surface area contributed by atoms with Crippen molar-refractivity contribution in [2.45, 2.75) is 39.3 Å². The minimum Gasteiger partial charge on any atom is -0.394 e. The molecular formula is C12H20N2O. The fraction of sp³-hybridized carbons (Fsp3) is 0.583. The second-order valence-corrected chi connectivity index (χ2v) is 4.64. The number of nitrogens with zero attached hydrogens (tertiary/aromatic N) is 1. The lowest BCUT2D eigenvalue weighted by Crippen LogP contribution is -2.44. The van der Waals surface area contributed by atoms with Gasteiger partial charge >= 0.3 is 0 Å². The number of aliphatic hydroxyl groups excluding tert-OH is 1. The summed E-state index contributed by atoms with van der Waals surface area (Å²) in [6, 6.07) is 2.19. The maximum Gasteiger partial charge on any atom is 0.0608 e. The Bertz CT molecular complexity index is 323. The van der Waals surface area contributed by atoms with Gasteiger partial charge in [0.15, 0.2) is 0 Å². The van der Waals surface area contributed by atoms with E-state index in [1.165, 1.54) is 11.1 Å². The predicted molar refractivity (Wildman–Crippen MR) is 61.7 cm³/mol. The highest BCUT2D eigenvalue weighted by Crippen LogP contribution is 2.18. The van der Waals surface area contributed by atoms with Gasteiger partial charge in [-0.25, -0.2) is 0 Å². The van der Waals surface area contributed by atoms with E-state index < -0.39 is 0 Å². The molecule has 0 saturated heterocycles. The molecule has 1 aromatic rings. The summed E-state index contributed by atoms with van der Waals surface area (Å²) in [7, 11) is 0. The van der Waals surface area contributed by atoms with E-state index in [1.807, 2.05) is 26.1 Å². The Labute approximate surface area is 91.5 Å². The largest absolute Gasteiger partial charge is 0.394 e. The highest BCUT2D eigenvalue weighted by molar-refractivity contribution is 5.24. The van der Waals surface area contributed by atoms with E-state index in [0.717, 1.165) is 0 Å². The first-order valence-corrected chi connectivity index (χ1v) is 5.25. The molecule has 3 nitrogen and oxygen atoms in total. The Balaban J connectivity index is 2.78. The topological polar surface area (TPSA) is 45.2 Å². The number of aryl methyl sites for hydroxylation is 1. The number of hydrogen-bond acceptors (Lipinski definition) is 3. The summed E-state index contributed by atoms with van der Waals surface area (Å²) in [4.78, 5) is 4.12. The predicted octanol–water partition coefficient (Wildman–Crippen LogP) is 1.81. The molecule has 0 fully saturated rings. The van der Waals surface area contributed by atoms with Gasteiger partial charge in [0.25, 0.3) is 0 Å². The van der Waals surface area contributed by atoms with Crippen LogP contribution in [0.15, 0.2) is 18.5 Å². The Morgan fingerprint density at radius 3 is 2.73 bits per heavy atom. The number of pyridine rings is 1. The van der Waals surface area contributed by atoms with E-state index in [4.69, 9.17) is 0 Å². The quantitative estimate of drug-likeness (QED) is 0.793. The molecule has 1 atom stereocenters. The van der Waals surface area contributed by atoms with Crippen molar-refractivity contribution in [2.24, 2.45) is 0 Å². The van der Waals surface area contributed by atoms with E-state index in [-0.39, 0.29) is 18.2 Å². The maximum absolute atomic E-state index is 9.18. The van der Waals surface area contributed by atoms with Crippen molar-refractivity contribution < 1.29 is 5.11 Å². The molecule has 0 radical (unpaired) electrons. The zero-order valence-corrected chi connectivity index (χ0v) is 9.91. The summed E-state index contributed by atoms with van der Waals surface area (Å²) in [6.45, 7) is 8.24. The van der Waals surface area contributed by atoms with Crippen LogP contribution in [-0.4, -0.2) is 22.2 Å². The monoisotopic (exact) mass is 208 g/mol. The van der Waals surface area contributed by atoms with Crippen molar-refractivity contribution in [1.82, 2.24) is 10.3 Å². The molecule has 0 aromatic carbocycles. The van der Waals surface area contributed by atoms with Gasteiger partial charge < -0.3 is 10.4 Å². The fourth-order valence-electron chi connectivity index (χ4n) is 1.64. The van der Waals surface area contributed by atoms with Crippen molar-refractivity contribution in [2.75, 3.05) is 6.61 Å². The molecule has 3 heteroatoms. The van der Waals surface area contributed by atoms with Gasteiger partial charge in [0.2, 0.25) is 0 Å². The normalized spacial score (nSPS) is 13.9. The van der Waals surface area contributed by atoms with Crippen LogP contribution in [0.25, 0.3) is 0 Å². The number of aliphatic hydroxyl groups is 1. The second-order valence-electron chi connectivity index (χ2n) is 4.64. The third kappa shape index (κ3) is 3.29. The summed E-state index contributed by atoms with van der Waals surface area (Å²) in [5.74, 6) is 0. The first-order chi connectivity index (χ1) is 6.96. The fourth-order valence-corrected chi connectivity index (χ4v) is 1.64. The van der Waals surface area contributed by atoms with Gasteiger partial charge in [-0.3, -0.25) is 4.98 Å². The van der Waals surface area contributed by atoms with Gasteiger partial charge in [-0.2, -0.15) is 0 Å². The van der Waals surface area contributed by atoms with Crippen LogP contribution in [0, 0.1) is 6.92 Å². The zero-order chi connectivity index (χ0) is 11.5. The molecule has 0 aliphatic rings. The average Bonchev–Trinajstić information content (AvgIpc) is 2.17. The minimum absolute atomic E-state index is 0.122. The molecule has 0 saturated carbocycles. The van der Waals surface area contributed by atoms with E-state index in [2.05, 4.69) is 24.1 Å². The molecule has 1 rings (SSSR count). The standard InChI is InChI=1S/C12H20N2O/c1-9-5-6-13-7-11(9)10(2)14-12(3,4)8-15/h5-7,10,14-15H,8H2,1-4H3. The number of nitrogens with one attached hydrogen (secondary N) is 1. The molecule has 0 bridgehead atoms. The van der Waals surface area contributed by atoms with Gasteiger partial charge in [-0.15, -0.1) is 0 Å². The molecule has 0 spiro atoms. The van der Waals surface area contributed by atoms with Crippen molar-refractivity contribution >= 4 is 0 Å². The average molecular weight is 208 g/mol.